The smallest absolute Gasteiger partial charge is 0.241 e. The molecule has 1 aliphatic carbocycles. The van der Waals surface area contributed by atoms with E-state index in [-0.39, 0.29) is 6.04 Å². The summed E-state index contributed by atoms with van der Waals surface area (Å²) in [5, 5.41) is 0. The second-order valence-corrected chi connectivity index (χ2v) is 7.00. The minimum atomic E-state index is -3.39. The molecule has 0 radical (unpaired) electrons. The van der Waals surface area contributed by atoms with Crippen LogP contribution >= 0.6 is 0 Å². The predicted molar refractivity (Wildman–Crippen MR) is 76.2 cm³/mol. The van der Waals surface area contributed by atoms with Crippen molar-refractivity contribution in [2.75, 3.05) is 0 Å². The van der Waals surface area contributed by atoms with Crippen LogP contribution in [0.15, 0.2) is 23.1 Å². The highest BCUT2D eigenvalue weighted by atomic mass is 32.2. The lowest BCUT2D eigenvalue weighted by molar-refractivity contribution is 0.572. The van der Waals surface area contributed by atoms with Gasteiger partial charge in [-0.15, -0.1) is 0 Å². The zero-order chi connectivity index (χ0) is 14.0. The van der Waals surface area contributed by atoms with E-state index >= 15 is 0 Å². The van der Waals surface area contributed by atoms with Crippen molar-refractivity contribution in [3.63, 3.8) is 0 Å². The van der Waals surface area contributed by atoms with Crippen LogP contribution in [0.3, 0.4) is 0 Å². The molecule has 3 N–H and O–H groups in total. The van der Waals surface area contributed by atoms with Crippen LogP contribution < -0.4 is 10.5 Å². The summed E-state index contributed by atoms with van der Waals surface area (Å²) in [7, 11) is -3.39. The number of hydrogen-bond donors (Lipinski definition) is 2. The van der Waals surface area contributed by atoms with Crippen molar-refractivity contribution < 1.29 is 8.42 Å². The molecule has 4 nitrogen and oxygen atoms in total. The van der Waals surface area contributed by atoms with E-state index in [0.717, 1.165) is 30.4 Å². The predicted octanol–water partition coefficient (Wildman–Crippen LogP) is 1.92. The van der Waals surface area contributed by atoms with Gasteiger partial charge in [-0.1, -0.05) is 25.5 Å². The Morgan fingerprint density at radius 2 is 2.16 bits per heavy atom. The van der Waals surface area contributed by atoms with Gasteiger partial charge in [-0.2, -0.15) is 0 Å². The average molecular weight is 282 g/mol. The Bertz CT molecular complexity index is 555. The molecule has 19 heavy (non-hydrogen) atoms. The fourth-order valence-corrected chi connectivity index (χ4v) is 4.03. The Morgan fingerprint density at radius 1 is 1.42 bits per heavy atom. The lowest BCUT2D eigenvalue weighted by atomic mass is 10.1. The first-order chi connectivity index (χ1) is 8.97. The summed E-state index contributed by atoms with van der Waals surface area (Å²) in [6.45, 7) is 4.36. The zero-order valence-electron chi connectivity index (χ0n) is 11.5. The molecule has 1 aromatic rings. The van der Waals surface area contributed by atoms with E-state index in [2.05, 4.69) is 11.6 Å². The van der Waals surface area contributed by atoms with Gasteiger partial charge in [0.2, 0.25) is 10.0 Å². The highest BCUT2D eigenvalue weighted by Gasteiger charge is 2.39. The summed E-state index contributed by atoms with van der Waals surface area (Å²) < 4.78 is 27.4. The van der Waals surface area contributed by atoms with E-state index in [4.69, 9.17) is 5.73 Å². The number of nitrogens with two attached hydrogens (primary N) is 1. The van der Waals surface area contributed by atoms with Gasteiger partial charge in [-0.3, -0.25) is 0 Å². The molecule has 2 rings (SSSR count). The number of benzene rings is 1. The van der Waals surface area contributed by atoms with E-state index in [1.54, 1.807) is 12.1 Å². The van der Waals surface area contributed by atoms with Crippen molar-refractivity contribution in [3.8, 4) is 0 Å². The van der Waals surface area contributed by atoms with Crippen LogP contribution in [-0.2, 0) is 16.6 Å². The first kappa shape index (κ1) is 14.5. The number of aryl methyl sites for hydroxylation is 1. The quantitative estimate of drug-likeness (QED) is 0.837. The summed E-state index contributed by atoms with van der Waals surface area (Å²) >= 11 is 0. The first-order valence-corrected chi connectivity index (χ1v) is 8.28. The van der Waals surface area contributed by atoms with Gasteiger partial charge in [0.25, 0.3) is 0 Å². The second kappa shape index (κ2) is 5.61. The topological polar surface area (TPSA) is 72.2 Å². The van der Waals surface area contributed by atoms with Crippen LogP contribution in [0.1, 0.15) is 37.3 Å². The molecule has 1 aliphatic rings. The second-order valence-electron chi connectivity index (χ2n) is 5.32. The Kier molecular flexibility index (Phi) is 4.28. The Morgan fingerprint density at radius 3 is 2.74 bits per heavy atom. The van der Waals surface area contributed by atoms with Gasteiger partial charge in [0.1, 0.15) is 0 Å². The molecule has 1 aromatic carbocycles. The summed E-state index contributed by atoms with van der Waals surface area (Å²) in [5.41, 5.74) is 7.26. The fourth-order valence-electron chi connectivity index (χ4n) is 2.48. The van der Waals surface area contributed by atoms with Gasteiger partial charge in [-0.05, 0) is 42.9 Å². The third-order valence-electron chi connectivity index (χ3n) is 3.65. The molecule has 5 heteroatoms. The Balaban J connectivity index is 2.12. The lowest BCUT2D eigenvalue weighted by Crippen LogP contribution is -2.27. The third kappa shape index (κ3) is 3.35. The van der Waals surface area contributed by atoms with E-state index in [1.807, 2.05) is 13.0 Å². The minimum absolute atomic E-state index is 0.124. The molecule has 1 fully saturated rings. The molecule has 0 saturated heterocycles. The van der Waals surface area contributed by atoms with E-state index in [0.29, 0.717) is 17.4 Å². The summed E-state index contributed by atoms with van der Waals surface area (Å²) in [4.78, 5) is 0.367. The van der Waals surface area contributed by atoms with Crippen molar-refractivity contribution in [1.82, 2.24) is 4.72 Å². The molecular formula is C14H22N2O2S. The van der Waals surface area contributed by atoms with Gasteiger partial charge in [0, 0.05) is 12.6 Å². The van der Waals surface area contributed by atoms with Crippen LogP contribution in [0.25, 0.3) is 0 Å². The molecule has 0 aliphatic heterocycles. The van der Waals surface area contributed by atoms with Crippen molar-refractivity contribution in [2.24, 2.45) is 11.7 Å². The maximum atomic E-state index is 12.3. The molecule has 0 aromatic heterocycles. The molecule has 106 valence electrons. The van der Waals surface area contributed by atoms with Gasteiger partial charge >= 0.3 is 0 Å². The van der Waals surface area contributed by atoms with Gasteiger partial charge in [0.15, 0.2) is 0 Å². The van der Waals surface area contributed by atoms with Crippen molar-refractivity contribution >= 4 is 10.0 Å². The number of hydrogen-bond acceptors (Lipinski definition) is 3. The highest BCUT2D eigenvalue weighted by Crippen LogP contribution is 2.35. The molecular weight excluding hydrogens is 260 g/mol. The standard InChI is InChI=1S/C14H22N2O2S/c1-3-4-12-8-13(12)16-19(17,18)14-6-5-11(9-15)7-10(14)2/h5-7,12-13,16H,3-4,8-9,15H2,1-2H3. The maximum absolute atomic E-state index is 12.3. The molecule has 0 heterocycles. The highest BCUT2D eigenvalue weighted by molar-refractivity contribution is 7.89. The molecule has 2 atom stereocenters. The summed E-state index contributed by atoms with van der Waals surface area (Å²) in [6, 6.07) is 5.39. The normalized spacial score (nSPS) is 22.5. The third-order valence-corrected chi connectivity index (χ3v) is 5.30. The SMILES string of the molecule is CCCC1CC1NS(=O)(=O)c1ccc(CN)cc1C. The van der Waals surface area contributed by atoms with E-state index in [9.17, 15) is 8.42 Å². The van der Waals surface area contributed by atoms with E-state index in [1.165, 1.54) is 0 Å². The van der Waals surface area contributed by atoms with Crippen LogP contribution in [0.5, 0.6) is 0 Å². The number of nitrogens with one attached hydrogen (secondary N) is 1. The lowest BCUT2D eigenvalue weighted by Gasteiger charge is -2.10. The van der Waals surface area contributed by atoms with E-state index < -0.39 is 10.0 Å². The number of rotatable bonds is 6. The fraction of sp³-hybridized carbons (Fsp3) is 0.571. The molecule has 0 bridgehead atoms. The Hall–Kier alpha value is -0.910. The van der Waals surface area contributed by atoms with Crippen LogP contribution in [-0.4, -0.2) is 14.5 Å². The van der Waals surface area contributed by atoms with Crippen LogP contribution in [0.2, 0.25) is 0 Å². The molecule has 1 saturated carbocycles. The number of sulfonamides is 1. The van der Waals surface area contributed by atoms with Gasteiger partial charge < -0.3 is 5.73 Å². The minimum Gasteiger partial charge on any atom is -0.326 e. The molecule has 0 spiro atoms. The first-order valence-electron chi connectivity index (χ1n) is 6.80. The Labute approximate surface area is 115 Å². The van der Waals surface area contributed by atoms with Crippen molar-refractivity contribution in [3.05, 3.63) is 29.3 Å². The van der Waals surface area contributed by atoms with Crippen LogP contribution in [0.4, 0.5) is 0 Å². The van der Waals surface area contributed by atoms with Crippen molar-refractivity contribution in [2.45, 2.75) is 50.6 Å². The van der Waals surface area contributed by atoms with Gasteiger partial charge in [0.05, 0.1) is 4.90 Å². The molecule has 0 amide bonds. The molecule has 2 unspecified atom stereocenters. The zero-order valence-corrected chi connectivity index (χ0v) is 12.3. The van der Waals surface area contributed by atoms with Crippen LogP contribution in [0, 0.1) is 12.8 Å². The maximum Gasteiger partial charge on any atom is 0.241 e. The summed E-state index contributed by atoms with van der Waals surface area (Å²) in [6.07, 6.45) is 3.17. The van der Waals surface area contributed by atoms with Crippen molar-refractivity contribution in [1.29, 1.82) is 0 Å². The van der Waals surface area contributed by atoms with Gasteiger partial charge in [-0.25, -0.2) is 13.1 Å². The summed E-state index contributed by atoms with van der Waals surface area (Å²) in [5.74, 6) is 0.517. The largest absolute Gasteiger partial charge is 0.326 e. The average Bonchev–Trinajstić information content (AvgIpc) is 3.06. The monoisotopic (exact) mass is 282 g/mol.